The van der Waals surface area contributed by atoms with Gasteiger partial charge < -0.3 is 20.1 Å². The van der Waals surface area contributed by atoms with Crippen molar-refractivity contribution >= 4 is 27.5 Å². The highest BCUT2D eigenvalue weighted by molar-refractivity contribution is 9.10. The molecule has 0 bridgehead atoms. The highest BCUT2D eigenvalue weighted by atomic mass is 79.9. The van der Waals surface area contributed by atoms with E-state index in [4.69, 9.17) is 9.47 Å². The standard InChI is InChI=1S/C16H15BrN2O3/c1-21-12-8-7-9-13(14(12)22-2)16(20)19-15(9)18-11-6-4-3-5-10(11)17/h3-8,15,18H,1-2H3,(H,19,20). The molecular formula is C16H15BrN2O3. The van der Waals surface area contributed by atoms with Crippen LogP contribution in [-0.4, -0.2) is 20.1 Å². The van der Waals surface area contributed by atoms with E-state index in [1.807, 2.05) is 30.3 Å². The zero-order valence-electron chi connectivity index (χ0n) is 12.1. The number of ether oxygens (including phenoxy) is 2. The van der Waals surface area contributed by atoms with Gasteiger partial charge in [-0.3, -0.25) is 4.79 Å². The van der Waals surface area contributed by atoms with Crippen molar-refractivity contribution < 1.29 is 14.3 Å². The molecule has 0 radical (unpaired) electrons. The van der Waals surface area contributed by atoms with E-state index in [1.165, 1.54) is 7.11 Å². The van der Waals surface area contributed by atoms with E-state index in [0.29, 0.717) is 17.1 Å². The summed E-state index contributed by atoms with van der Waals surface area (Å²) in [5.74, 6) is 0.808. The number of hydrogen-bond donors (Lipinski definition) is 2. The second-order valence-electron chi connectivity index (χ2n) is 4.80. The molecule has 0 spiro atoms. The second-order valence-corrected chi connectivity index (χ2v) is 5.65. The van der Waals surface area contributed by atoms with Crippen molar-refractivity contribution in [3.8, 4) is 11.5 Å². The Morgan fingerprint density at radius 1 is 1.14 bits per heavy atom. The second kappa shape index (κ2) is 5.88. The van der Waals surface area contributed by atoms with Gasteiger partial charge in [0.05, 0.1) is 25.5 Å². The number of fused-ring (bicyclic) bond motifs is 1. The molecule has 2 aromatic rings. The first kappa shape index (κ1) is 14.7. The van der Waals surface area contributed by atoms with Crippen molar-refractivity contribution in [3.63, 3.8) is 0 Å². The van der Waals surface area contributed by atoms with Crippen molar-refractivity contribution in [2.75, 3.05) is 19.5 Å². The minimum Gasteiger partial charge on any atom is -0.493 e. The van der Waals surface area contributed by atoms with Crippen molar-refractivity contribution in [2.45, 2.75) is 6.17 Å². The fourth-order valence-electron chi connectivity index (χ4n) is 2.55. The summed E-state index contributed by atoms with van der Waals surface area (Å²) in [7, 11) is 3.08. The molecule has 1 atom stereocenters. The maximum Gasteiger partial charge on any atom is 0.257 e. The third-order valence-corrected chi connectivity index (χ3v) is 4.26. The minimum absolute atomic E-state index is 0.185. The summed E-state index contributed by atoms with van der Waals surface area (Å²) in [5.41, 5.74) is 2.24. The van der Waals surface area contributed by atoms with E-state index in [2.05, 4.69) is 26.6 Å². The summed E-state index contributed by atoms with van der Waals surface area (Å²) in [5, 5.41) is 6.22. The van der Waals surface area contributed by atoms with Crippen molar-refractivity contribution in [1.29, 1.82) is 0 Å². The van der Waals surface area contributed by atoms with Gasteiger partial charge in [0, 0.05) is 10.0 Å². The molecule has 0 saturated heterocycles. The summed E-state index contributed by atoms with van der Waals surface area (Å²) < 4.78 is 11.5. The molecule has 1 heterocycles. The van der Waals surface area contributed by atoms with Crippen molar-refractivity contribution in [2.24, 2.45) is 0 Å². The van der Waals surface area contributed by atoms with Gasteiger partial charge in [-0.2, -0.15) is 0 Å². The van der Waals surface area contributed by atoms with Crippen LogP contribution in [0.2, 0.25) is 0 Å². The molecular weight excluding hydrogens is 348 g/mol. The molecule has 2 aromatic carbocycles. The highest BCUT2D eigenvalue weighted by Gasteiger charge is 2.33. The summed E-state index contributed by atoms with van der Waals surface area (Å²) in [6.07, 6.45) is -0.319. The fraction of sp³-hybridized carbons (Fsp3) is 0.188. The molecule has 3 rings (SSSR count). The van der Waals surface area contributed by atoms with E-state index >= 15 is 0 Å². The molecule has 1 amide bonds. The molecule has 0 saturated carbocycles. The zero-order chi connectivity index (χ0) is 15.7. The monoisotopic (exact) mass is 362 g/mol. The lowest BCUT2D eigenvalue weighted by atomic mass is 10.1. The van der Waals surface area contributed by atoms with Gasteiger partial charge in [-0.1, -0.05) is 18.2 Å². The lowest BCUT2D eigenvalue weighted by Gasteiger charge is -2.17. The van der Waals surface area contributed by atoms with E-state index in [0.717, 1.165) is 15.7 Å². The Morgan fingerprint density at radius 2 is 1.91 bits per heavy atom. The number of carbonyl (C=O) groups excluding carboxylic acids is 1. The normalized spacial score (nSPS) is 16.0. The first-order chi connectivity index (χ1) is 10.7. The molecule has 1 unspecified atom stereocenters. The van der Waals surface area contributed by atoms with Crippen LogP contribution in [0.4, 0.5) is 5.69 Å². The smallest absolute Gasteiger partial charge is 0.257 e. The van der Waals surface area contributed by atoms with Crippen molar-refractivity contribution in [1.82, 2.24) is 5.32 Å². The van der Waals surface area contributed by atoms with Crippen LogP contribution >= 0.6 is 15.9 Å². The molecule has 0 aliphatic carbocycles. The van der Waals surface area contributed by atoms with E-state index < -0.39 is 0 Å². The predicted molar refractivity (Wildman–Crippen MR) is 87.5 cm³/mol. The number of nitrogens with one attached hydrogen (secondary N) is 2. The van der Waals surface area contributed by atoms with Crippen molar-refractivity contribution in [3.05, 3.63) is 52.0 Å². The maximum atomic E-state index is 12.3. The summed E-state index contributed by atoms with van der Waals surface area (Å²) in [6, 6.07) is 11.4. The SMILES string of the molecule is COc1ccc2c(c1OC)C(=O)NC2Nc1ccccc1Br. The van der Waals surface area contributed by atoms with Gasteiger partial charge in [0.15, 0.2) is 11.5 Å². The lowest BCUT2D eigenvalue weighted by molar-refractivity contribution is 0.0956. The number of para-hydroxylation sites is 1. The molecule has 1 aliphatic rings. The lowest BCUT2D eigenvalue weighted by Crippen LogP contribution is -2.25. The molecule has 6 heteroatoms. The van der Waals surface area contributed by atoms with Gasteiger partial charge in [0.25, 0.3) is 5.91 Å². The predicted octanol–water partition coefficient (Wildman–Crippen LogP) is 3.32. The van der Waals surface area contributed by atoms with Crippen LogP contribution in [0.25, 0.3) is 0 Å². The highest BCUT2D eigenvalue weighted by Crippen LogP contribution is 2.39. The van der Waals surface area contributed by atoms with Crippen LogP contribution in [0.3, 0.4) is 0 Å². The summed E-state index contributed by atoms with van der Waals surface area (Å²) in [6.45, 7) is 0. The number of halogens is 1. The quantitative estimate of drug-likeness (QED) is 0.875. The third-order valence-electron chi connectivity index (χ3n) is 3.57. The van der Waals surface area contributed by atoms with Gasteiger partial charge in [0.1, 0.15) is 6.17 Å². The van der Waals surface area contributed by atoms with Gasteiger partial charge in [0.2, 0.25) is 0 Å². The molecule has 0 aromatic heterocycles. The first-order valence-corrected chi connectivity index (χ1v) is 7.51. The molecule has 5 nitrogen and oxygen atoms in total. The molecule has 0 fully saturated rings. The molecule has 2 N–H and O–H groups in total. The number of methoxy groups -OCH3 is 2. The van der Waals surface area contributed by atoms with E-state index in [-0.39, 0.29) is 12.1 Å². The van der Waals surface area contributed by atoms with Crippen LogP contribution in [0, 0.1) is 0 Å². The Hall–Kier alpha value is -2.21. The van der Waals surface area contributed by atoms with Gasteiger partial charge >= 0.3 is 0 Å². The van der Waals surface area contributed by atoms with Crippen LogP contribution < -0.4 is 20.1 Å². The van der Waals surface area contributed by atoms with Gasteiger partial charge in [-0.05, 0) is 34.1 Å². The van der Waals surface area contributed by atoms with Gasteiger partial charge in [-0.15, -0.1) is 0 Å². The number of carbonyl (C=O) groups is 1. The Kier molecular flexibility index (Phi) is 3.94. The summed E-state index contributed by atoms with van der Waals surface area (Å²) in [4.78, 5) is 12.3. The zero-order valence-corrected chi connectivity index (χ0v) is 13.7. The largest absolute Gasteiger partial charge is 0.493 e. The van der Waals surface area contributed by atoms with Crippen LogP contribution in [-0.2, 0) is 0 Å². The van der Waals surface area contributed by atoms with Gasteiger partial charge in [-0.25, -0.2) is 0 Å². The number of amides is 1. The summed E-state index contributed by atoms with van der Waals surface area (Å²) >= 11 is 3.49. The fourth-order valence-corrected chi connectivity index (χ4v) is 2.94. The van der Waals surface area contributed by atoms with E-state index in [9.17, 15) is 4.79 Å². The third kappa shape index (κ3) is 2.39. The van der Waals surface area contributed by atoms with Crippen LogP contribution in [0.1, 0.15) is 22.1 Å². The first-order valence-electron chi connectivity index (χ1n) is 6.72. The minimum atomic E-state index is -0.319. The molecule has 1 aliphatic heterocycles. The Morgan fingerprint density at radius 3 is 2.59 bits per heavy atom. The number of anilines is 1. The number of benzene rings is 2. The molecule has 114 valence electrons. The Bertz CT molecular complexity index is 733. The number of rotatable bonds is 4. The number of hydrogen-bond acceptors (Lipinski definition) is 4. The average molecular weight is 363 g/mol. The molecule has 22 heavy (non-hydrogen) atoms. The van der Waals surface area contributed by atoms with E-state index in [1.54, 1.807) is 13.2 Å². The topological polar surface area (TPSA) is 59.6 Å². The Labute approximate surface area is 136 Å². The Balaban J connectivity index is 2.00. The van der Waals surface area contributed by atoms with Crippen LogP contribution in [0.5, 0.6) is 11.5 Å². The van der Waals surface area contributed by atoms with Crippen LogP contribution in [0.15, 0.2) is 40.9 Å². The maximum absolute atomic E-state index is 12.3. The average Bonchev–Trinajstić information content (AvgIpc) is 2.85.